The van der Waals surface area contributed by atoms with Crippen molar-refractivity contribution < 1.29 is 18.3 Å². The molecule has 0 spiro atoms. The number of rotatable bonds is 2. The van der Waals surface area contributed by atoms with Gasteiger partial charge < -0.3 is 5.11 Å². The van der Waals surface area contributed by atoms with Gasteiger partial charge in [0.05, 0.1) is 17.4 Å². The minimum absolute atomic E-state index is 0.0483. The number of aliphatic carboxylic acids is 1. The van der Waals surface area contributed by atoms with Gasteiger partial charge in [0.1, 0.15) is 0 Å². The van der Waals surface area contributed by atoms with E-state index in [2.05, 4.69) is 0 Å². The monoisotopic (exact) mass is 247 g/mol. The summed E-state index contributed by atoms with van der Waals surface area (Å²) >= 11 is 0. The molecule has 0 radical (unpaired) electrons. The summed E-state index contributed by atoms with van der Waals surface area (Å²) in [6, 6.07) is 0.0483. The first-order valence-corrected chi connectivity index (χ1v) is 7.47. The Bertz CT molecular complexity index is 378. The van der Waals surface area contributed by atoms with E-state index in [0.29, 0.717) is 19.4 Å². The molecule has 0 aromatic rings. The van der Waals surface area contributed by atoms with E-state index < -0.39 is 15.8 Å². The Morgan fingerprint density at radius 2 is 2.06 bits per heavy atom. The first-order chi connectivity index (χ1) is 7.48. The zero-order valence-electron chi connectivity index (χ0n) is 9.13. The maximum absolute atomic E-state index is 11.4. The van der Waals surface area contributed by atoms with Crippen LogP contribution in [-0.2, 0) is 14.6 Å². The molecule has 0 unspecified atom stereocenters. The summed E-state index contributed by atoms with van der Waals surface area (Å²) in [6.45, 7) is 1.35. The van der Waals surface area contributed by atoms with Gasteiger partial charge in [-0.15, -0.1) is 0 Å². The minimum atomic E-state index is -2.87. The van der Waals surface area contributed by atoms with Crippen molar-refractivity contribution in [2.45, 2.75) is 25.3 Å². The average molecular weight is 247 g/mol. The van der Waals surface area contributed by atoms with Gasteiger partial charge in [0, 0.05) is 12.6 Å². The fourth-order valence-electron chi connectivity index (χ4n) is 2.60. The second kappa shape index (κ2) is 4.33. The SMILES string of the molecule is O=C(O)[C@H]1CCCN([C@@H]2CCS(=O)(=O)C2)C1. The molecule has 0 saturated carbocycles. The van der Waals surface area contributed by atoms with Gasteiger partial charge in [-0.1, -0.05) is 0 Å². The van der Waals surface area contributed by atoms with E-state index in [0.717, 1.165) is 13.0 Å². The van der Waals surface area contributed by atoms with Crippen molar-refractivity contribution >= 4 is 15.8 Å². The van der Waals surface area contributed by atoms with Crippen LogP contribution in [0.5, 0.6) is 0 Å². The van der Waals surface area contributed by atoms with Gasteiger partial charge in [-0.05, 0) is 25.8 Å². The van der Waals surface area contributed by atoms with Gasteiger partial charge in [0.15, 0.2) is 9.84 Å². The fraction of sp³-hybridized carbons (Fsp3) is 0.900. The highest BCUT2D eigenvalue weighted by atomic mass is 32.2. The topological polar surface area (TPSA) is 74.7 Å². The number of likely N-dealkylation sites (tertiary alicyclic amines) is 1. The summed E-state index contributed by atoms with van der Waals surface area (Å²) in [7, 11) is -2.87. The largest absolute Gasteiger partial charge is 0.481 e. The molecular formula is C10H17NO4S. The lowest BCUT2D eigenvalue weighted by molar-refractivity contribution is -0.143. The van der Waals surface area contributed by atoms with Gasteiger partial charge in [0.2, 0.25) is 0 Å². The summed E-state index contributed by atoms with van der Waals surface area (Å²) in [6.07, 6.45) is 2.23. The van der Waals surface area contributed by atoms with Crippen molar-refractivity contribution in [2.75, 3.05) is 24.6 Å². The van der Waals surface area contributed by atoms with E-state index in [-0.39, 0.29) is 23.5 Å². The van der Waals surface area contributed by atoms with Crippen molar-refractivity contribution in [2.24, 2.45) is 5.92 Å². The second-order valence-corrected chi connectivity index (χ2v) is 6.96. The van der Waals surface area contributed by atoms with Crippen molar-refractivity contribution in [3.8, 4) is 0 Å². The number of hydrogen-bond donors (Lipinski definition) is 1. The van der Waals surface area contributed by atoms with Crippen molar-refractivity contribution in [3.63, 3.8) is 0 Å². The molecule has 5 nitrogen and oxygen atoms in total. The van der Waals surface area contributed by atoms with Crippen molar-refractivity contribution in [1.29, 1.82) is 0 Å². The number of carbonyl (C=O) groups is 1. The van der Waals surface area contributed by atoms with Crippen LogP contribution < -0.4 is 0 Å². The van der Waals surface area contributed by atoms with Crippen LogP contribution in [-0.4, -0.2) is 55.0 Å². The maximum atomic E-state index is 11.4. The smallest absolute Gasteiger partial charge is 0.307 e. The van der Waals surface area contributed by atoms with Crippen molar-refractivity contribution in [3.05, 3.63) is 0 Å². The molecule has 92 valence electrons. The third-order valence-electron chi connectivity index (χ3n) is 3.53. The van der Waals surface area contributed by atoms with Crippen LogP contribution in [0.1, 0.15) is 19.3 Å². The lowest BCUT2D eigenvalue weighted by Gasteiger charge is -2.34. The molecule has 2 atom stereocenters. The summed E-state index contributed by atoms with van der Waals surface area (Å²) in [5, 5.41) is 8.96. The van der Waals surface area contributed by atoms with Crippen LogP contribution in [0.2, 0.25) is 0 Å². The number of carboxylic acids is 1. The maximum Gasteiger partial charge on any atom is 0.307 e. The van der Waals surface area contributed by atoms with E-state index in [1.807, 2.05) is 4.90 Å². The van der Waals surface area contributed by atoms with Crippen LogP contribution in [0.15, 0.2) is 0 Å². The Morgan fingerprint density at radius 1 is 1.31 bits per heavy atom. The number of hydrogen-bond acceptors (Lipinski definition) is 4. The van der Waals surface area contributed by atoms with Gasteiger partial charge in [-0.25, -0.2) is 8.42 Å². The molecule has 6 heteroatoms. The van der Waals surface area contributed by atoms with E-state index in [4.69, 9.17) is 5.11 Å². The Hall–Kier alpha value is -0.620. The molecule has 0 bridgehead atoms. The van der Waals surface area contributed by atoms with Gasteiger partial charge in [-0.3, -0.25) is 9.69 Å². The molecule has 2 rings (SSSR count). The molecule has 2 aliphatic heterocycles. The van der Waals surface area contributed by atoms with Crippen LogP contribution in [0.25, 0.3) is 0 Å². The first kappa shape index (κ1) is 11.9. The molecule has 2 saturated heterocycles. The van der Waals surface area contributed by atoms with E-state index >= 15 is 0 Å². The number of nitrogens with zero attached hydrogens (tertiary/aromatic N) is 1. The standard InChI is InChI=1S/C10H17NO4S/c12-10(13)8-2-1-4-11(6-8)9-3-5-16(14,15)7-9/h8-9H,1-7H2,(H,12,13)/t8-,9+/m0/s1. The third-order valence-corrected chi connectivity index (χ3v) is 5.28. The van der Waals surface area contributed by atoms with Crippen LogP contribution in [0, 0.1) is 5.92 Å². The molecule has 2 fully saturated rings. The Balaban J connectivity index is 1.98. The predicted octanol–water partition coefficient (Wildman–Crippen LogP) is -0.0299. The average Bonchev–Trinajstić information content (AvgIpc) is 2.59. The Kier molecular flexibility index (Phi) is 3.21. The number of sulfone groups is 1. The molecule has 1 N–H and O–H groups in total. The van der Waals surface area contributed by atoms with E-state index in [1.54, 1.807) is 0 Å². The number of piperidine rings is 1. The molecule has 0 aromatic heterocycles. The highest BCUT2D eigenvalue weighted by Gasteiger charge is 2.35. The second-order valence-electron chi connectivity index (χ2n) is 4.73. The van der Waals surface area contributed by atoms with Crippen LogP contribution in [0.3, 0.4) is 0 Å². The molecule has 16 heavy (non-hydrogen) atoms. The fourth-order valence-corrected chi connectivity index (χ4v) is 4.36. The lowest BCUT2D eigenvalue weighted by atomic mass is 9.97. The quantitative estimate of drug-likeness (QED) is 0.741. The first-order valence-electron chi connectivity index (χ1n) is 5.65. The van der Waals surface area contributed by atoms with Crippen LogP contribution >= 0.6 is 0 Å². The zero-order chi connectivity index (χ0) is 11.8. The Morgan fingerprint density at radius 3 is 2.62 bits per heavy atom. The molecule has 2 heterocycles. The minimum Gasteiger partial charge on any atom is -0.481 e. The number of carboxylic acid groups (broad SMARTS) is 1. The summed E-state index contributed by atoms with van der Waals surface area (Å²) in [5.74, 6) is -0.617. The van der Waals surface area contributed by atoms with Gasteiger partial charge >= 0.3 is 5.97 Å². The van der Waals surface area contributed by atoms with E-state index in [1.165, 1.54) is 0 Å². The highest BCUT2D eigenvalue weighted by molar-refractivity contribution is 7.91. The molecule has 2 aliphatic rings. The molecule has 0 amide bonds. The third kappa shape index (κ3) is 2.55. The zero-order valence-corrected chi connectivity index (χ0v) is 9.95. The van der Waals surface area contributed by atoms with E-state index in [9.17, 15) is 13.2 Å². The summed E-state index contributed by atoms with van der Waals surface area (Å²) in [5.41, 5.74) is 0. The summed E-state index contributed by atoms with van der Waals surface area (Å²) in [4.78, 5) is 12.9. The van der Waals surface area contributed by atoms with Gasteiger partial charge in [-0.2, -0.15) is 0 Å². The normalized spacial score (nSPS) is 35.0. The predicted molar refractivity (Wildman–Crippen MR) is 59.0 cm³/mol. The summed E-state index contributed by atoms with van der Waals surface area (Å²) < 4.78 is 22.7. The lowest BCUT2D eigenvalue weighted by Crippen LogP contribution is -2.45. The van der Waals surface area contributed by atoms with Crippen LogP contribution in [0.4, 0.5) is 0 Å². The Labute approximate surface area is 95.4 Å². The molecule has 0 aromatic carbocycles. The molecular weight excluding hydrogens is 230 g/mol. The van der Waals surface area contributed by atoms with Gasteiger partial charge in [0.25, 0.3) is 0 Å². The molecule has 0 aliphatic carbocycles. The highest BCUT2D eigenvalue weighted by Crippen LogP contribution is 2.24. The van der Waals surface area contributed by atoms with Crippen molar-refractivity contribution in [1.82, 2.24) is 4.90 Å².